The fourth-order valence-electron chi connectivity index (χ4n) is 2.80. The minimum atomic E-state index is 0.597. The molecule has 0 spiro atoms. The lowest BCUT2D eigenvalue weighted by atomic mass is 10.0. The Morgan fingerprint density at radius 2 is 2.05 bits per heavy atom. The molecule has 2 rings (SSSR count). The Hall–Kier alpha value is -0.940. The molecule has 1 aliphatic heterocycles. The molecule has 0 aromatic heterocycles. The number of nitrogens with zero attached hydrogens (tertiary/aromatic N) is 1. The average molecular weight is 292 g/mol. The van der Waals surface area contributed by atoms with Crippen molar-refractivity contribution in [3.63, 3.8) is 0 Å². The quantitative estimate of drug-likeness (QED) is 0.700. The molecule has 1 saturated heterocycles. The number of piperazine rings is 1. The number of ether oxygens (including phenoxy) is 2. The first-order chi connectivity index (χ1) is 10.4. The molecular formula is C17H28N2O2. The van der Waals surface area contributed by atoms with Gasteiger partial charge in [0.15, 0.2) is 0 Å². The van der Waals surface area contributed by atoms with Gasteiger partial charge in [0.25, 0.3) is 0 Å². The summed E-state index contributed by atoms with van der Waals surface area (Å²) < 4.78 is 10.5. The van der Waals surface area contributed by atoms with Crippen LogP contribution in [-0.2, 0) is 15.9 Å². The summed E-state index contributed by atoms with van der Waals surface area (Å²) in [6, 6.07) is 11.4. The number of hydrogen-bond acceptors (Lipinski definition) is 4. The van der Waals surface area contributed by atoms with Gasteiger partial charge < -0.3 is 14.8 Å². The van der Waals surface area contributed by atoms with Crippen molar-refractivity contribution in [3.8, 4) is 0 Å². The SMILES string of the molecule is COCCOCCCN1CCNCC1Cc1ccccc1. The standard InChI is InChI=1S/C17H28N2O2/c1-20-12-13-21-11-5-9-19-10-8-18-15-17(19)14-16-6-3-2-4-7-16/h2-4,6-7,17-18H,5,8-15H2,1H3. The highest BCUT2D eigenvalue weighted by Crippen LogP contribution is 2.11. The van der Waals surface area contributed by atoms with Gasteiger partial charge in [0.1, 0.15) is 0 Å². The summed E-state index contributed by atoms with van der Waals surface area (Å²) in [7, 11) is 1.71. The second-order valence-electron chi connectivity index (χ2n) is 5.54. The van der Waals surface area contributed by atoms with Gasteiger partial charge in [-0.3, -0.25) is 4.90 Å². The first-order valence-corrected chi connectivity index (χ1v) is 7.95. The molecule has 4 nitrogen and oxygen atoms in total. The highest BCUT2D eigenvalue weighted by molar-refractivity contribution is 5.16. The lowest BCUT2D eigenvalue weighted by molar-refractivity contribution is 0.0606. The van der Waals surface area contributed by atoms with Gasteiger partial charge in [0, 0.05) is 45.9 Å². The molecule has 0 aliphatic carbocycles. The Bertz CT molecular complexity index is 372. The molecule has 1 heterocycles. The van der Waals surface area contributed by atoms with Crippen LogP contribution in [0.2, 0.25) is 0 Å². The van der Waals surface area contributed by atoms with E-state index in [9.17, 15) is 0 Å². The number of benzene rings is 1. The van der Waals surface area contributed by atoms with Gasteiger partial charge in [0.2, 0.25) is 0 Å². The molecule has 0 radical (unpaired) electrons. The summed E-state index contributed by atoms with van der Waals surface area (Å²) in [5.41, 5.74) is 1.42. The second-order valence-corrected chi connectivity index (χ2v) is 5.54. The summed E-state index contributed by atoms with van der Waals surface area (Å²) in [6.07, 6.45) is 2.22. The maximum Gasteiger partial charge on any atom is 0.0700 e. The molecule has 1 aromatic rings. The summed E-state index contributed by atoms with van der Waals surface area (Å²) in [6.45, 7) is 6.64. The number of rotatable bonds is 9. The topological polar surface area (TPSA) is 33.7 Å². The number of hydrogen-bond donors (Lipinski definition) is 1. The van der Waals surface area contributed by atoms with Crippen LogP contribution in [-0.4, -0.2) is 64.1 Å². The van der Waals surface area contributed by atoms with E-state index in [1.54, 1.807) is 7.11 Å². The van der Waals surface area contributed by atoms with Crippen molar-refractivity contribution in [2.45, 2.75) is 18.9 Å². The van der Waals surface area contributed by atoms with E-state index in [-0.39, 0.29) is 0 Å². The van der Waals surface area contributed by atoms with Gasteiger partial charge in [-0.2, -0.15) is 0 Å². The van der Waals surface area contributed by atoms with E-state index in [0.717, 1.165) is 45.6 Å². The predicted octanol–water partition coefficient (Wildman–Crippen LogP) is 1.56. The number of methoxy groups -OCH3 is 1. The minimum Gasteiger partial charge on any atom is -0.382 e. The van der Waals surface area contributed by atoms with Crippen molar-refractivity contribution in [2.24, 2.45) is 0 Å². The van der Waals surface area contributed by atoms with Crippen molar-refractivity contribution < 1.29 is 9.47 Å². The molecule has 4 heteroatoms. The third-order valence-electron chi connectivity index (χ3n) is 3.95. The molecule has 1 aliphatic rings. The Morgan fingerprint density at radius 3 is 2.86 bits per heavy atom. The van der Waals surface area contributed by atoms with Gasteiger partial charge in [0.05, 0.1) is 13.2 Å². The van der Waals surface area contributed by atoms with Crippen LogP contribution in [0.5, 0.6) is 0 Å². The molecular weight excluding hydrogens is 264 g/mol. The highest BCUT2D eigenvalue weighted by Gasteiger charge is 2.21. The minimum absolute atomic E-state index is 0.597. The molecule has 1 atom stereocenters. The summed E-state index contributed by atoms with van der Waals surface area (Å²) >= 11 is 0. The van der Waals surface area contributed by atoms with Gasteiger partial charge >= 0.3 is 0 Å². The third-order valence-corrected chi connectivity index (χ3v) is 3.95. The Kier molecular flexibility index (Phi) is 7.75. The fourth-order valence-corrected chi connectivity index (χ4v) is 2.80. The maximum absolute atomic E-state index is 5.55. The van der Waals surface area contributed by atoms with E-state index in [0.29, 0.717) is 19.3 Å². The van der Waals surface area contributed by atoms with Gasteiger partial charge in [-0.25, -0.2) is 0 Å². The monoisotopic (exact) mass is 292 g/mol. The summed E-state index contributed by atoms with van der Waals surface area (Å²) in [4.78, 5) is 2.60. The summed E-state index contributed by atoms with van der Waals surface area (Å²) in [5.74, 6) is 0. The van der Waals surface area contributed by atoms with Crippen LogP contribution < -0.4 is 5.32 Å². The largest absolute Gasteiger partial charge is 0.382 e. The molecule has 1 fully saturated rings. The van der Waals surface area contributed by atoms with Gasteiger partial charge in [-0.1, -0.05) is 30.3 Å². The maximum atomic E-state index is 5.55. The Morgan fingerprint density at radius 1 is 1.19 bits per heavy atom. The van der Waals surface area contributed by atoms with Crippen LogP contribution in [0.3, 0.4) is 0 Å². The molecule has 0 amide bonds. The summed E-state index contributed by atoms with van der Waals surface area (Å²) in [5, 5.41) is 3.51. The molecule has 21 heavy (non-hydrogen) atoms. The Balaban J connectivity index is 1.71. The first kappa shape index (κ1) is 16.4. The first-order valence-electron chi connectivity index (χ1n) is 7.95. The van der Waals surface area contributed by atoms with E-state index in [2.05, 4.69) is 40.5 Å². The van der Waals surface area contributed by atoms with E-state index < -0.39 is 0 Å². The van der Waals surface area contributed by atoms with Crippen molar-refractivity contribution >= 4 is 0 Å². The lowest BCUT2D eigenvalue weighted by Gasteiger charge is -2.36. The predicted molar refractivity (Wildman–Crippen MR) is 85.7 cm³/mol. The molecule has 1 N–H and O–H groups in total. The number of nitrogens with one attached hydrogen (secondary N) is 1. The van der Waals surface area contributed by atoms with E-state index in [1.165, 1.54) is 5.56 Å². The lowest BCUT2D eigenvalue weighted by Crippen LogP contribution is -2.52. The van der Waals surface area contributed by atoms with Crippen LogP contribution >= 0.6 is 0 Å². The van der Waals surface area contributed by atoms with Crippen molar-refractivity contribution in [1.82, 2.24) is 10.2 Å². The zero-order valence-corrected chi connectivity index (χ0v) is 13.1. The van der Waals surface area contributed by atoms with Crippen molar-refractivity contribution in [2.75, 3.05) is 53.1 Å². The van der Waals surface area contributed by atoms with Crippen LogP contribution in [0.1, 0.15) is 12.0 Å². The molecule has 1 unspecified atom stereocenters. The average Bonchev–Trinajstić information content (AvgIpc) is 2.53. The zero-order chi connectivity index (χ0) is 14.8. The molecule has 0 saturated carbocycles. The van der Waals surface area contributed by atoms with E-state index in [4.69, 9.17) is 9.47 Å². The molecule has 1 aromatic carbocycles. The van der Waals surface area contributed by atoms with Crippen LogP contribution in [0.15, 0.2) is 30.3 Å². The smallest absolute Gasteiger partial charge is 0.0700 e. The molecule has 0 bridgehead atoms. The second kappa shape index (κ2) is 9.90. The van der Waals surface area contributed by atoms with Crippen LogP contribution in [0.4, 0.5) is 0 Å². The van der Waals surface area contributed by atoms with E-state index >= 15 is 0 Å². The Labute approximate surface area is 128 Å². The normalized spacial score (nSPS) is 19.8. The zero-order valence-electron chi connectivity index (χ0n) is 13.1. The van der Waals surface area contributed by atoms with Crippen LogP contribution in [0.25, 0.3) is 0 Å². The highest BCUT2D eigenvalue weighted by atomic mass is 16.5. The third kappa shape index (κ3) is 6.14. The van der Waals surface area contributed by atoms with Crippen molar-refractivity contribution in [3.05, 3.63) is 35.9 Å². The van der Waals surface area contributed by atoms with Crippen molar-refractivity contribution in [1.29, 1.82) is 0 Å². The van der Waals surface area contributed by atoms with Gasteiger partial charge in [-0.15, -0.1) is 0 Å². The van der Waals surface area contributed by atoms with Crippen LogP contribution in [0, 0.1) is 0 Å². The van der Waals surface area contributed by atoms with Gasteiger partial charge in [-0.05, 0) is 18.4 Å². The molecule has 118 valence electrons. The fraction of sp³-hybridized carbons (Fsp3) is 0.647. The van der Waals surface area contributed by atoms with E-state index in [1.807, 2.05) is 0 Å².